The van der Waals surface area contributed by atoms with Crippen LogP contribution in [0.5, 0.6) is 0 Å². The Balaban J connectivity index is 1.31. The summed E-state index contributed by atoms with van der Waals surface area (Å²) in [6.07, 6.45) is 0. The third-order valence-corrected chi connectivity index (χ3v) is 8.49. The van der Waals surface area contributed by atoms with E-state index in [1.807, 2.05) is 36.4 Å². The van der Waals surface area contributed by atoms with E-state index in [4.69, 9.17) is 19.4 Å². The average Bonchev–Trinajstić information content (AvgIpc) is 3.49. The van der Waals surface area contributed by atoms with Crippen LogP contribution in [0.3, 0.4) is 0 Å². The van der Waals surface area contributed by atoms with Crippen molar-refractivity contribution < 1.29 is 4.42 Å². The maximum atomic E-state index is 6.12. The van der Waals surface area contributed by atoms with Gasteiger partial charge in [-0.1, -0.05) is 109 Å². The van der Waals surface area contributed by atoms with E-state index in [2.05, 4.69) is 115 Å². The van der Waals surface area contributed by atoms with Crippen molar-refractivity contribution >= 4 is 43.5 Å². The van der Waals surface area contributed by atoms with Crippen LogP contribution in [0.1, 0.15) is 0 Å². The molecular weight excluding hydrogens is 550 g/mol. The summed E-state index contributed by atoms with van der Waals surface area (Å²) in [5.41, 5.74) is 6.77. The zero-order chi connectivity index (χ0) is 29.7. The van der Waals surface area contributed by atoms with Crippen LogP contribution in [0.4, 0.5) is 0 Å². The van der Waals surface area contributed by atoms with Crippen LogP contribution in [0.25, 0.3) is 88.8 Å². The van der Waals surface area contributed by atoms with Crippen LogP contribution in [-0.2, 0) is 0 Å². The first-order chi connectivity index (χ1) is 22.3. The minimum atomic E-state index is 0.615. The molecule has 0 spiro atoms. The maximum Gasteiger partial charge on any atom is 0.164 e. The molecule has 2 aromatic heterocycles. The quantitative estimate of drug-likeness (QED) is 0.209. The smallest absolute Gasteiger partial charge is 0.164 e. The molecule has 0 unspecified atom stereocenters. The van der Waals surface area contributed by atoms with Crippen LogP contribution in [-0.4, -0.2) is 15.0 Å². The number of para-hydroxylation sites is 1. The molecule has 0 bridgehead atoms. The van der Waals surface area contributed by atoms with Gasteiger partial charge in [-0.15, -0.1) is 0 Å². The highest BCUT2D eigenvalue weighted by atomic mass is 16.3. The molecular formula is C41H25N3O. The fourth-order valence-electron chi connectivity index (χ4n) is 6.24. The van der Waals surface area contributed by atoms with Gasteiger partial charge in [0.2, 0.25) is 0 Å². The molecule has 210 valence electrons. The van der Waals surface area contributed by atoms with Gasteiger partial charge in [0, 0.05) is 27.5 Å². The topological polar surface area (TPSA) is 51.8 Å². The largest absolute Gasteiger partial charge is 0.456 e. The number of aromatic nitrogens is 3. The van der Waals surface area contributed by atoms with Crippen molar-refractivity contribution in [3.63, 3.8) is 0 Å². The number of nitrogens with zero attached hydrogens (tertiary/aromatic N) is 3. The first-order valence-electron chi connectivity index (χ1n) is 15.0. The van der Waals surface area contributed by atoms with E-state index in [0.29, 0.717) is 17.5 Å². The molecule has 7 aromatic carbocycles. The Kier molecular flexibility index (Phi) is 5.78. The minimum absolute atomic E-state index is 0.615. The van der Waals surface area contributed by atoms with Crippen molar-refractivity contribution in [2.24, 2.45) is 0 Å². The zero-order valence-corrected chi connectivity index (χ0v) is 24.2. The summed E-state index contributed by atoms with van der Waals surface area (Å²) >= 11 is 0. The predicted octanol–water partition coefficient (Wildman–Crippen LogP) is 10.7. The molecule has 0 aliphatic heterocycles. The molecule has 2 heterocycles. The van der Waals surface area contributed by atoms with Crippen molar-refractivity contribution in [2.75, 3.05) is 0 Å². The third kappa shape index (κ3) is 4.43. The van der Waals surface area contributed by atoms with Crippen LogP contribution < -0.4 is 0 Å². The summed E-state index contributed by atoms with van der Waals surface area (Å²) in [6.45, 7) is 0. The molecule has 0 aliphatic carbocycles. The molecule has 0 amide bonds. The molecule has 0 saturated heterocycles. The lowest BCUT2D eigenvalue weighted by Crippen LogP contribution is -2.01. The SMILES string of the molecule is c1ccc(-c2cc(-c3nc(-c4ccc5ccccc5c4)nc(-c4ccc5oc6ccccc6c5c4)n3)c3ccccc3c2)cc1. The van der Waals surface area contributed by atoms with E-state index in [1.54, 1.807) is 0 Å². The lowest BCUT2D eigenvalue weighted by Gasteiger charge is -2.13. The molecule has 0 fully saturated rings. The Morgan fingerprint density at radius 1 is 0.333 bits per heavy atom. The highest BCUT2D eigenvalue weighted by molar-refractivity contribution is 6.06. The van der Waals surface area contributed by atoms with E-state index < -0.39 is 0 Å². The summed E-state index contributed by atoms with van der Waals surface area (Å²) in [5, 5.41) is 6.65. The van der Waals surface area contributed by atoms with Crippen molar-refractivity contribution in [3.05, 3.63) is 152 Å². The van der Waals surface area contributed by atoms with Gasteiger partial charge in [-0.05, 0) is 75.1 Å². The van der Waals surface area contributed by atoms with Gasteiger partial charge >= 0.3 is 0 Å². The van der Waals surface area contributed by atoms with E-state index >= 15 is 0 Å². The summed E-state index contributed by atoms with van der Waals surface area (Å²) in [7, 11) is 0. The van der Waals surface area contributed by atoms with Gasteiger partial charge in [0.1, 0.15) is 11.2 Å². The fraction of sp³-hybridized carbons (Fsp3) is 0. The van der Waals surface area contributed by atoms with Crippen LogP contribution >= 0.6 is 0 Å². The van der Waals surface area contributed by atoms with E-state index in [-0.39, 0.29) is 0 Å². The Labute approximate surface area is 259 Å². The molecule has 0 N–H and O–H groups in total. The Morgan fingerprint density at radius 3 is 1.78 bits per heavy atom. The number of furan rings is 1. The molecule has 0 saturated carbocycles. The fourth-order valence-corrected chi connectivity index (χ4v) is 6.24. The van der Waals surface area contributed by atoms with E-state index in [1.165, 1.54) is 5.39 Å². The van der Waals surface area contributed by atoms with E-state index in [0.717, 1.165) is 65.9 Å². The number of hydrogen-bond donors (Lipinski definition) is 0. The summed E-state index contributed by atoms with van der Waals surface area (Å²) in [5.74, 6) is 1.88. The molecule has 4 nitrogen and oxygen atoms in total. The zero-order valence-electron chi connectivity index (χ0n) is 24.2. The summed E-state index contributed by atoms with van der Waals surface area (Å²) in [6, 6.07) is 52.3. The molecule has 9 rings (SSSR count). The van der Waals surface area contributed by atoms with Gasteiger partial charge in [-0.3, -0.25) is 0 Å². The Morgan fingerprint density at radius 2 is 0.933 bits per heavy atom. The normalized spacial score (nSPS) is 11.6. The van der Waals surface area contributed by atoms with Crippen molar-refractivity contribution in [1.29, 1.82) is 0 Å². The van der Waals surface area contributed by atoms with Gasteiger partial charge < -0.3 is 4.42 Å². The number of fused-ring (bicyclic) bond motifs is 5. The second-order valence-electron chi connectivity index (χ2n) is 11.3. The van der Waals surface area contributed by atoms with Gasteiger partial charge in [0.25, 0.3) is 0 Å². The Bertz CT molecular complexity index is 2550. The van der Waals surface area contributed by atoms with Crippen molar-refractivity contribution in [3.8, 4) is 45.3 Å². The lowest BCUT2D eigenvalue weighted by atomic mass is 9.96. The average molecular weight is 576 g/mol. The second-order valence-corrected chi connectivity index (χ2v) is 11.3. The van der Waals surface area contributed by atoms with Gasteiger partial charge in [-0.25, -0.2) is 15.0 Å². The lowest BCUT2D eigenvalue weighted by molar-refractivity contribution is 0.669. The van der Waals surface area contributed by atoms with Crippen molar-refractivity contribution in [1.82, 2.24) is 15.0 Å². The summed E-state index contributed by atoms with van der Waals surface area (Å²) in [4.78, 5) is 15.4. The molecule has 45 heavy (non-hydrogen) atoms. The first-order valence-corrected chi connectivity index (χ1v) is 15.0. The monoisotopic (exact) mass is 575 g/mol. The molecule has 9 aromatic rings. The number of hydrogen-bond acceptors (Lipinski definition) is 4. The summed E-state index contributed by atoms with van der Waals surface area (Å²) < 4.78 is 6.12. The third-order valence-electron chi connectivity index (χ3n) is 8.49. The van der Waals surface area contributed by atoms with Crippen LogP contribution in [0.2, 0.25) is 0 Å². The molecule has 4 heteroatoms. The van der Waals surface area contributed by atoms with E-state index in [9.17, 15) is 0 Å². The number of rotatable bonds is 4. The first kappa shape index (κ1) is 25.4. The molecule has 0 radical (unpaired) electrons. The standard InChI is InChI=1S/C41H25N3O/c1-2-10-26(11-3-1)32-23-29-14-6-7-15-33(29)36(25-32)41-43-39(30-19-18-27-12-4-5-13-28(27)22-30)42-40(44-41)31-20-21-38-35(24-31)34-16-8-9-17-37(34)45-38/h1-25H. The van der Waals surface area contributed by atoms with Gasteiger partial charge in [-0.2, -0.15) is 0 Å². The highest BCUT2D eigenvalue weighted by Gasteiger charge is 2.17. The molecule has 0 aliphatic rings. The minimum Gasteiger partial charge on any atom is -0.456 e. The Hall–Kier alpha value is -6.13. The van der Waals surface area contributed by atoms with Crippen LogP contribution in [0.15, 0.2) is 156 Å². The number of benzene rings is 7. The highest BCUT2D eigenvalue weighted by Crippen LogP contribution is 2.36. The van der Waals surface area contributed by atoms with Crippen LogP contribution in [0, 0.1) is 0 Å². The second kappa shape index (κ2) is 10.2. The van der Waals surface area contributed by atoms with Crippen molar-refractivity contribution in [2.45, 2.75) is 0 Å². The molecule has 0 atom stereocenters. The maximum absolute atomic E-state index is 6.12. The van der Waals surface area contributed by atoms with Gasteiger partial charge in [0.05, 0.1) is 0 Å². The predicted molar refractivity (Wildman–Crippen MR) is 184 cm³/mol. The van der Waals surface area contributed by atoms with Gasteiger partial charge in [0.15, 0.2) is 17.5 Å².